The van der Waals surface area contributed by atoms with Crippen molar-refractivity contribution in [1.82, 2.24) is 9.88 Å². The summed E-state index contributed by atoms with van der Waals surface area (Å²) in [6.45, 7) is 2.38. The van der Waals surface area contributed by atoms with E-state index in [1.54, 1.807) is 12.3 Å². The minimum absolute atomic E-state index is 0.0358. The number of nitrogens with zero attached hydrogens (tertiary/aromatic N) is 2. The standard InChI is InChI=1S/C13H18BrN3O/c14-11-1-2-12(16-9-11)13(18)17-7-4-10(3-6-15)5-8-17/h1-2,9-10H,3-8,15H2. The van der Waals surface area contributed by atoms with Crippen molar-refractivity contribution in [3.8, 4) is 0 Å². The lowest BCUT2D eigenvalue weighted by atomic mass is 9.93. The Morgan fingerprint density at radius 1 is 1.44 bits per heavy atom. The molecule has 2 rings (SSSR count). The largest absolute Gasteiger partial charge is 0.337 e. The van der Waals surface area contributed by atoms with Crippen molar-refractivity contribution >= 4 is 21.8 Å². The van der Waals surface area contributed by atoms with Gasteiger partial charge in [0.2, 0.25) is 0 Å². The number of carbonyl (C=O) groups excluding carboxylic acids is 1. The maximum absolute atomic E-state index is 12.2. The Morgan fingerprint density at radius 2 is 2.17 bits per heavy atom. The Hall–Kier alpha value is -0.940. The molecule has 98 valence electrons. The van der Waals surface area contributed by atoms with Gasteiger partial charge in [-0.05, 0) is 59.8 Å². The number of piperidine rings is 1. The lowest BCUT2D eigenvalue weighted by Crippen LogP contribution is -2.39. The SMILES string of the molecule is NCCC1CCN(C(=O)c2ccc(Br)cn2)CC1. The lowest BCUT2D eigenvalue weighted by Gasteiger charge is -2.31. The van der Waals surface area contributed by atoms with E-state index in [1.807, 2.05) is 11.0 Å². The summed E-state index contributed by atoms with van der Waals surface area (Å²) in [7, 11) is 0. The van der Waals surface area contributed by atoms with Crippen molar-refractivity contribution in [2.24, 2.45) is 11.7 Å². The van der Waals surface area contributed by atoms with E-state index in [1.165, 1.54) is 0 Å². The van der Waals surface area contributed by atoms with Gasteiger partial charge in [-0.25, -0.2) is 4.98 Å². The van der Waals surface area contributed by atoms with Crippen LogP contribution in [0.4, 0.5) is 0 Å². The van der Waals surface area contributed by atoms with Crippen molar-refractivity contribution in [2.75, 3.05) is 19.6 Å². The molecule has 1 aromatic heterocycles. The van der Waals surface area contributed by atoms with Gasteiger partial charge in [-0.15, -0.1) is 0 Å². The maximum atomic E-state index is 12.2. The minimum atomic E-state index is 0.0358. The van der Waals surface area contributed by atoms with E-state index in [0.717, 1.165) is 43.4 Å². The van der Waals surface area contributed by atoms with Crippen molar-refractivity contribution in [3.63, 3.8) is 0 Å². The van der Waals surface area contributed by atoms with Crippen LogP contribution < -0.4 is 5.73 Å². The fraction of sp³-hybridized carbons (Fsp3) is 0.538. The van der Waals surface area contributed by atoms with Crippen LogP contribution in [-0.2, 0) is 0 Å². The van der Waals surface area contributed by atoms with Crippen molar-refractivity contribution < 1.29 is 4.79 Å². The zero-order chi connectivity index (χ0) is 13.0. The molecule has 2 N–H and O–H groups in total. The first-order valence-electron chi connectivity index (χ1n) is 6.31. The molecule has 0 radical (unpaired) electrons. The zero-order valence-corrected chi connectivity index (χ0v) is 11.9. The van der Waals surface area contributed by atoms with Gasteiger partial charge in [0.25, 0.3) is 5.91 Å². The summed E-state index contributed by atoms with van der Waals surface area (Å²) in [6.07, 6.45) is 4.84. The van der Waals surface area contributed by atoms with Crippen molar-refractivity contribution in [1.29, 1.82) is 0 Å². The molecule has 1 aromatic rings. The summed E-state index contributed by atoms with van der Waals surface area (Å²) >= 11 is 3.32. The number of carbonyl (C=O) groups is 1. The highest BCUT2D eigenvalue weighted by atomic mass is 79.9. The number of nitrogens with two attached hydrogens (primary N) is 1. The fourth-order valence-electron chi connectivity index (χ4n) is 2.32. The van der Waals surface area contributed by atoms with Crippen LogP contribution in [0.25, 0.3) is 0 Å². The Balaban J connectivity index is 1.93. The second kappa shape index (κ2) is 6.29. The fourth-order valence-corrected chi connectivity index (χ4v) is 2.56. The first-order valence-corrected chi connectivity index (χ1v) is 7.11. The molecule has 0 atom stereocenters. The Bertz CT molecular complexity index is 399. The molecule has 1 aliphatic rings. The van der Waals surface area contributed by atoms with Crippen molar-refractivity contribution in [3.05, 3.63) is 28.5 Å². The number of likely N-dealkylation sites (tertiary alicyclic amines) is 1. The number of pyridine rings is 1. The Labute approximate surface area is 116 Å². The van der Waals surface area contributed by atoms with Gasteiger partial charge >= 0.3 is 0 Å². The van der Waals surface area contributed by atoms with Gasteiger partial charge in [0.15, 0.2) is 0 Å². The van der Waals surface area contributed by atoms with Crippen LogP contribution in [0.3, 0.4) is 0 Å². The third-order valence-electron chi connectivity index (χ3n) is 3.42. The summed E-state index contributed by atoms with van der Waals surface area (Å²) in [5.74, 6) is 0.714. The molecule has 18 heavy (non-hydrogen) atoms. The first kappa shape index (κ1) is 13.5. The third-order valence-corrected chi connectivity index (χ3v) is 3.89. The highest BCUT2D eigenvalue weighted by Gasteiger charge is 2.23. The number of aromatic nitrogens is 1. The predicted molar refractivity (Wildman–Crippen MR) is 74.2 cm³/mol. The molecule has 0 bridgehead atoms. The zero-order valence-electron chi connectivity index (χ0n) is 10.3. The molecule has 0 unspecified atom stereocenters. The first-order chi connectivity index (χ1) is 8.70. The van der Waals surface area contributed by atoms with Crippen LogP contribution in [0.1, 0.15) is 29.8 Å². The molecule has 2 heterocycles. The second-order valence-electron chi connectivity index (χ2n) is 4.67. The van der Waals surface area contributed by atoms with E-state index in [9.17, 15) is 4.79 Å². The second-order valence-corrected chi connectivity index (χ2v) is 5.59. The van der Waals surface area contributed by atoms with Crippen LogP contribution >= 0.6 is 15.9 Å². The van der Waals surface area contributed by atoms with Gasteiger partial charge in [-0.1, -0.05) is 0 Å². The Kier molecular flexibility index (Phi) is 4.72. The van der Waals surface area contributed by atoms with E-state index < -0.39 is 0 Å². The third kappa shape index (κ3) is 3.29. The maximum Gasteiger partial charge on any atom is 0.272 e. The Morgan fingerprint density at radius 3 is 2.72 bits per heavy atom. The highest BCUT2D eigenvalue weighted by molar-refractivity contribution is 9.10. The van der Waals surface area contributed by atoms with Crippen LogP contribution in [0, 0.1) is 5.92 Å². The summed E-state index contributed by atoms with van der Waals surface area (Å²) < 4.78 is 0.890. The number of hydrogen-bond donors (Lipinski definition) is 1. The van der Waals surface area contributed by atoms with E-state index >= 15 is 0 Å². The molecule has 1 fully saturated rings. The summed E-state index contributed by atoms with van der Waals surface area (Å²) in [5, 5.41) is 0. The average Bonchev–Trinajstić information content (AvgIpc) is 2.40. The van der Waals surface area contributed by atoms with Crippen molar-refractivity contribution in [2.45, 2.75) is 19.3 Å². The number of amides is 1. The predicted octanol–water partition coefficient (Wildman–Crippen LogP) is 2.05. The normalized spacial score (nSPS) is 16.9. The van der Waals surface area contributed by atoms with Crippen LogP contribution in [-0.4, -0.2) is 35.4 Å². The van der Waals surface area contributed by atoms with Gasteiger partial charge in [-0.2, -0.15) is 0 Å². The van der Waals surface area contributed by atoms with E-state index in [0.29, 0.717) is 11.6 Å². The molecule has 0 aliphatic carbocycles. The summed E-state index contributed by atoms with van der Waals surface area (Å²) in [4.78, 5) is 18.2. The van der Waals surface area contributed by atoms with Gasteiger partial charge < -0.3 is 10.6 Å². The van der Waals surface area contributed by atoms with Gasteiger partial charge in [0.05, 0.1) is 0 Å². The van der Waals surface area contributed by atoms with Gasteiger partial charge in [0.1, 0.15) is 5.69 Å². The molecule has 1 aliphatic heterocycles. The highest BCUT2D eigenvalue weighted by Crippen LogP contribution is 2.21. The van der Waals surface area contributed by atoms with Crippen LogP contribution in [0.5, 0.6) is 0 Å². The summed E-state index contributed by atoms with van der Waals surface area (Å²) in [6, 6.07) is 3.61. The molecule has 0 spiro atoms. The lowest BCUT2D eigenvalue weighted by molar-refractivity contribution is 0.0682. The molecular weight excluding hydrogens is 294 g/mol. The molecular formula is C13H18BrN3O. The molecule has 0 aromatic carbocycles. The number of hydrogen-bond acceptors (Lipinski definition) is 3. The quantitative estimate of drug-likeness (QED) is 0.929. The number of halogens is 1. The van der Waals surface area contributed by atoms with Gasteiger partial charge in [-0.3, -0.25) is 4.79 Å². The van der Waals surface area contributed by atoms with Crippen LogP contribution in [0.15, 0.2) is 22.8 Å². The summed E-state index contributed by atoms with van der Waals surface area (Å²) in [5.41, 5.74) is 6.09. The van der Waals surface area contributed by atoms with E-state index in [2.05, 4.69) is 20.9 Å². The van der Waals surface area contributed by atoms with E-state index in [-0.39, 0.29) is 5.91 Å². The molecule has 1 saturated heterocycles. The minimum Gasteiger partial charge on any atom is -0.337 e. The molecule has 5 heteroatoms. The topological polar surface area (TPSA) is 59.2 Å². The molecule has 0 saturated carbocycles. The van der Waals surface area contributed by atoms with Gasteiger partial charge in [0, 0.05) is 23.8 Å². The molecule has 1 amide bonds. The smallest absolute Gasteiger partial charge is 0.272 e. The number of rotatable bonds is 3. The monoisotopic (exact) mass is 311 g/mol. The van der Waals surface area contributed by atoms with Crippen LogP contribution in [0.2, 0.25) is 0 Å². The average molecular weight is 312 g/mol. The van der Waals surface area contributed by atoms with E-state index in [4.69, 9.17) is 5.73 Å². The molecule has 4 nitrogen and oxygen atoms in total.